The van der Waals surface area contributed by atoms with Gasteiger partial charge in [-0.3, -0.25) is 9.59 Å². The maximum atomic E-state index is 11.5. The normalized spacial score (nSPS) is 13.1. The Kier molecular flexibility index (Phi) is 9.34. The minimum absolute atomic E-state index is 0.0222. The zero-order chi connectivity index (χ0) is 21.4. The molecular formula is C23H22Br2ClNO2. The van der Waals surface area contributed by atoms with E-state index in [0.717, 1.165) is 29.2 Å². The van der Waals surface area contributed by atoms with E-state index in [9.17, 15) is 9.59 Å². The summed E-state index contributed by atoms with van der Waals surface area (Å²) in [7, 11) is 0. The molecule has 0 bridgehead atoms. The summed E-state index contributed by atoms with van der Waals surface area (Å²) < 4.78 is 2.28. The van der Waals surface area contributed by atoms with E-state index in [1.807, 2.05) is 12.1 Å². The molecule has 2 aromatic carbocycles. The van der Waals surface area contributed by atoms with Gasteiger partial charge in [0.25, 0.3) is 0 Å². The van der Waals surface area contributed by atoms with Crippen molar-refractivity contribution in [1.29, 1.82) is 0 Å². The molecule has 1 heterocycles. The van der Waals surface area contributed by atoms with Crippen molar-refractivity contribution < 1.29 is 9.59 Å². The number of nitrogens with zero attached hydrogens (tertiary/aromatic N) is 1. The van der Waals surface area contributed by atoms with Gasteiger partial charge in [-0.05, 0) is 96.5 Å². The summed E-state index contributed by atoms with van der Waals surface area (Å²) >= 11 is 11.6. The largest absolute Gasteiger partial charge is 0.308 e. The van der Waals surface area contributed by atoms with Crippen LogP contribution < -0.4 is 4.90 Å². The molecule has 0 saturated carbocycles. The van der Waals surface area contributed by atoms with Gasteiger partial charge in [0.2, 0.25) is 11.1 Å². The van der Waals surface area contributed by atoms with Crippen molar-refractivity contribution in [2.24, 2.45) is 0 Å². The minimum atomic E-state index is -0.509. The minimum Gasteiger partial charge on any atom is -0.308 e. The molecule has 0 N–H and O–H groups in total. The molecule has 0 radical (unpaired) electrons. The first-order valence-electron chi connectivity index (χ1n) is 9.17. The van der Waals surface area contributed by atoms with Gasteiger partial charge in [0.1, 0.15) is 0 Å². The molecule has 1 aliphatic carbocycles. The van der Waals surface area contributed by atoms with Crippen LogP contribution in [0.25, 0.3) is 0 Å². The monoisotopic (exact) mass is 537 g/mol. The number of fused-ring (bicyclic) bond motifs is 2. The van der Waals surface area contributed by atoms with Gasteiger partial charge in [-0.25, -0.2) is 0 Å². The molecule has 2 aliphatic rings. The summed E-state index contributed by atoms with van der Waals surface area (Å²) in [4.78, 5) is 22.7. The van der Waals surface area contributed by atoms with Crippen LogP contribution >= 0.6 is 43.5 Å². The van der Waals surface area contributed by atoms with Crippen molar-refractivity contribution in [3.05, 3.63) is 87.3 Å². The van der Waals surface area contributed by atoms with Crippen LogP contribution in [0.4, 0.5) is 5.69 Å². The Morgan fingerprint density at radius 3 is 2.10 bits per heavy atom. The second kappa shape index (κ2) is 11.5. The Morgan fingerprint density at radius 1 is 0.897 bits per heavy atom. The van der Waals surface area contributed by atoms with Crippen molar-refractivity contribution in [2.45, 2.75) is 25.7 Å². The van der Waals surface area contributed by atoms with E-state index in [2.05, 4.69) is 69.3 Å². The van der Waals surface area contributed by atoms with E-state index in [1.54, 1.807) is 10.5 Å². The number of hydrogen-bond acceptors (Lipinski definition) is 2. The third-order valence-corrected chi connectivity index (χ3v) is 5.74. The van der Waals surface area contributed by atoms with Gasteiger partial charge in [0.05, 0.1) is 0 Å². The average molecular weight is 540 g/mol. The molecule has 29 heavy (non-hydrogen) atoms. The third kappa shape index (κ3) is 6.95. The fraction of sp³-hybridized carbons (Fsp3) is 0.217. The van der Waals surface area contributed by atoms with Gasteiger partial charge in [-0.2, -0.15) is 0 Å². The number of benzene rings is 2. The number of hydrogen-bond donors (Lipinski definition) is 0. The van der Waals surface area contributed by atoms with Crippen molar-refractivity contribution in [3.63, 3.8) is 0 Å². The van der Waals surface area contributed by atoms with Crippen LogP contribution in [0.5, 0.6) is 0 Å². The van der Waals surface area contributed by atoms with Crippen LogP contribution in [0, 0.1) is 0 Å². The molecule has 0 saturated heterocycles. The number of amides is 1. The number of rotatable bonds is 2. The molecular weight excluding hydrogens is 518 g/mol. The van der Waals surface area contributed by atoms with Crippen LogP contribution in [0.15, 0.2) is 70.7 Å². The van der Waals surface area contributed by atoms with Gasteiger partial charge in [0, 0.05) is 21.2 Å². The molecule has 3 nitrogen and oxygen atoms in total. The van der Waals surface area contributed by atoms with Gasteiger partial charge < -0.3 is 4.90 Å². The Bertz CT molecular complexity index is 927. The first-order valence-corrected chi connectivity index (χ1v) is 11.1. The predicted molar refractivity (Wildman–Crippen MR) is 128 cm³/mol. The molecule has 0 spiro atoms. The molecule has 4 rings (SSSR count). The third-order valence-electron chi connectivity index (χ3n) is 4.60. The summed E-state index contributed by atoms with van der Waals surface area (Å²) in [6, 6.07) is 12.6. The van der Waals surface area contributed by atoms with Crippen molar-refractivity contribution in [2.75, 3.05) is 11.4 Å². The lowest BCUT2D eigenvalue weighted by Crippen LogP contribution is -2.26. The molecule has 1 aliphatic heterocycles. The molecule has 0 atom stereocenters. The van der Waals surface area contributed by atoms with Gasteiger partial charge >= 0.3 is 0 Å². The zero-order valence-corrected chi connectivity index (χ0v) is 19.9. The number of anilines is 1. The van der Waals surface area contributed by atoms with Gasteiger partial charge in [-0.15, -0.1) is 0 Å². The van der Waals surface area contributed by atoms with Gasteiger partial charge in [-0.1, -0.05) is 51.1 Å². The van der Waals surface area contributed by atoms with E-state index in [-0.39, 0.29) is 5.91 Å². The number of allylic oxidation sites excluding steroid dienone is 1. The fourth-order valence-corrected chi connectivity index (χ4v) is 4.07. The topological polar surface area (TPSA) is 37.4 Å². The summed E-state index contributed by atoms with van der Waals surface area (Å²) in [5, 5.41) is -0.509. The highest BCUT2D eigenvalue weighted by Gasteiger charge is 2.22. The van der Waals surface area contributed by atoms with E-state index in [0.29, 0.717) is 0 Å². The van der Waals surface area contributed by atoms with Crippen LogP contribution in [-0.2, 0) is 28.9 Å². The van der Waals surface area contributed by atoms with E-state index in [1.165, 1.54) is 40.9 Å². The SMILES string of the molecule is Brc1ccc2c(c1)CCC2.C=CC(=O)Cl.C=CC(=O)N1CCc2cc(Br)ccc21. The van der Waals surface area contributed by atoms with E-state index >= 15 is 0 Å². The second-order valence-corrected chi connectivity index (χ2v) is 8.70. The average Bonchev–Trinajstić information content (AvgIpc) is 3.34. The quantitative estimate of drug-likeness (QED) is 0.327. The fourth-order valence-electron chi connectivity index (χ4n) is 3.25. The molecule has 0 fully saturated rings. The number of halogens is 3. The molecule has 152 valence electrons. The summed E-state index contributed by atoms with van der Waals surface area (Å²) in [5.41, 5.74) is 5.31. The highest BCUT2D eigenvalue weighted by atomic mass is 79.9. The van der Waals surface area contributed by atoms with E-state index < -0.39 is 5.24 Å². The van der Waals surface area contributed by atoms with Crippen molar-refractivity contribution >= 4 is 60.3 Å². The van der Waals surface area contributed by atoms with Crippen molar-refractivity contribution in [1.82, 2.24) is 0 Å². The second-order valence-electron chi connectivity index (χ2n) is 6.49. The zero-order valence-electron chi connectivity index (χ0n) is 16.0. The van der Waals surface area contributed by atoms with E-state index in [4.69, 9.17) is 11.6 Å². The van der Waals surface area contributed by atoms with Crippen LogP contribution in [0.1, 0.15) is 23.1 Å². The number of carbonyl (C=O) groups excluding carboxylic acids is 2. The summed E-state index contributed by atoms with van der Waals surface area (Å²) in [5.74, 6) is -0.0222. The lowest BCUT2D eigenvalue weighted by Gasteiger charge is -2.14. The first kappa shape index (κ1) is 23.6. The van der Waals surface area contributed by atoms with Crippen LogP contribution in [0.2, 0.25) is 0 Å². The lowest BCUT2D eigenvalue weighted by molar-refractivity contribution is -0.114. The first-order chi connectivity index (χ1) is 13.8. The Labute approximate surface area is 193 Å². The summed E-state index contributed by atoms with van der Waals surface area (Å²) in [6.07, 6.45) is 7.22. The number of aryl methyl sites for hydroxylation is 2. The number of carbonyl (C=O) groups is 2. The highest BCUT2D eigenvalue weighted by Crippen LogP contribution is 2.30. The predicted octanol–water partition coefficient (Wildman–Crippen LogP) is 6.40. The Balaban J connectivity index is 0.000000175. The van der Waals surface area contributed by atoms with Crippen molar-refractivity contribution in [3.8, 4) is 0 Å². The molecule has 2 aromatic rings. The Morgan fingerprint density at radius 2 is 1.48 bits per heavy atom. The maximum absolute atomic E-state index is 11.5. The summed E-state index contributed by atoms with van der Waals surface area (Å²) in [6.45, 7) is 7.33. The molecule has 0 aromatic heterocycles. The molecule has 0 unspecified atom stereocenters. The van der Waals surface area contributed by atoms with Gasteiger partial charge in [0.15, 0.2) is 0 Å². The maximum Gasteiger partial charge on any atom is 0.250 e. The van der Waals surface area contributed by atoms with Crippen LogP contribution in [-0.4, -0.2) is 17.7 Å². The Hall–Kier alpha value is -1.69. The smallest absolute Gasteiger partial charge is 0.250 e. The van der Waals surface area contributed by atoms with Crippen LogP contribution in [0.3, 0.4) is 0 Å². The molecule has 1 amide bonds. The lowest BCUT2D eigenvalue weighted by atomic mass is 10.1. The molecule has 6 heteroatoms. The standard InChI is InChI=1S/C11H10BrNO.C9H9Br.C3H3ClO/c1-2-11(14)13-6-5-8-7-9(12)3-4-10(8)13;10-9-5-4-7-2-1-3-8(7)6-9;1-2-3(4)5/h2-4,7H,1,5-6H2;4-6H,1-3H2;2H,1H2. The highest BCUT2D eigenvalue weighted by molar-refractivity contribution is 9.10.